The third-order valence-electron chi connectivity index (χ3n) is 2.83. The van der Waals surface area contributed by atoms with Crippen LogP contribution in [0, 0.1) is 13.8 Å². The Morgan fingerprint density at radius 2 is 1.62 bits per heavy atom. The first-order valence-corrected chi connectivity index (χ1v) is 6.18. The lowest BCUT2D eigenvalue weighted by Crippen LogP contribution is -2.21. The normalized spacial score (nSPS) is 14.8. The maximum absolute atomic E-state index is 10.6. The van der Waals surface area contributed by atoms with Crippen LogP contribution in [0.3, 0.4) is 0 Å². The van der Waals surface area contributed by atoms with Crippen LogP contribution in [0.1, 0.15) is 27.8 Å². The van der Waals surface area contributed by atoms with Crippen molar-refractivity contribution in [3.63, 3.8) is 0 Å². The van der Waals surface area contributed by atoms with Gasteiger partial charge in [-0.25, -0.2) is 0 Å². The number of hydrogen-bond acceptors (Lipinski definition) is 2. The Morgan fingerprint density at radius 1 is 1.00 bits per heavy atom. The van der Waals surface area contributed by atoms with Crippen LogP contribution in [-0.2, 0) is 5.60 Å². The minimum absolute atomic E-state index is 0.882. The molecule has 0 bridgehead atoms. The summed E-state index contributed by atoms with van der Waals surface area (Å²) in [5.74, 6) is 0. The van der Waals surface area contributed by atoms with E-state index in [0.717, 1.165) is 10.4 Å². The smallest absolute Gasteiger partial charge is 0.121 e. The van der Waals surface area contributed by atoms with E-state index in [2.05, 4.69) is 6.92 Å². The standard InChI is InChI=1S/C14H16OS/c1-10-4-7-12(8-5-10)14(3,15)13-9-6-11(2)16-13/h4-9,15H,1-3H3. The second kappa shape index (κ2) is 4.04. The van der Waals surface area contributed by atoms with Crippen molar-refractivity contribution >= 4 is 11.3 Å². The van der Waals surface area contributed by atoms with Crippen LogP contribution < -0.4 is 0 Å². The molecule has 0 radical (unpaired) electrons. The van der Waals surface area contributed by atoms with Gasteiger partial charge in [-0.1, -0.05) is 29.8 Å². The molecule has 2 aromatic rings. The average Bonchev–Trinajstić information content (AvgIpc) is 2.66. The molecule has 1 nitrogen and oxygen atoms in total. The van der Waals surface area contributed by atoms with Gasteiger partial charge in [0.2, 0.25) is 0 Å². The maximum Gasteiger partial charge on any atom is 0.121 e. The van der Waals surface area contributed by atoms with Crippen molar-refractivity contribution in [2.45, 2.75) is 26.4 Å². The number of benzene rings is 1. The van der Waals surface area contributed by atoms with Gasteiger partial charge in [-0.05, 0) is 38.5 Å². The predicted octanol–water partition coefficient (Wildman–Crippen LogP) is 3.62. The van der Waals surface area contributed by atoms with E-state index in [1.165, 1.54) is 10.4 Å². The van der Waals surface area contributed by atoms with Gasteiger partial charge in [-0.15, -0.1) is 11.3 Å². The van der Waals surface area contributed by atoms with Crippen LogP contribution >= 0.6 is 11.3 Å². The largest absolute Gasteiger partial charge is 0.380 e. The van der Waals surface area contributed by atoms with Crippen LogP contribution in [0.5, 0.6) is 0 Å². The monoisotopic (exact) mass is 232 g/mol. The molecule has 1 unspecified atom stereocenters. The van der Waals surface area contributed by atoms with E-state index in [4.69, 9.17) is 0 Å². The summed E-state index contributed by atoms with van der Waals surface area (Å²) >= 11 is 1.64. The van der Waals surface area contributed by atoms with Crippen LogP contribution in [0.4, 0.5) is 0 Å². The third kappa shape index (κ3) is 2.04. The Labute approximate surface area is 100 Å². The van der Waals surface area contributed by atoms with Gasteiger partial charge in [0, 0.05) is 9.75 Å². The summed E-state index contributed by atoms with van der Waals surface area (Å²) in [7, 11) is 0. The van der Waals surface area contributed by atoms with Gasteiger partial charge < -0.3 is 5.11 Å². The molecule has 1 atom stereocenters. The minimum Gasteiger partial charge on any atom is -0.380 e. The van der Waals surface area contributed by atoms with Gasteiger partial charge in [-0.2, -0.15) is 0 Å². The number of thiophene rings is 1. The number of hydrogen-bond donors (Lipinski definition) is 1. The molecule has 0 spiro atoms. The molecule has 84 valence electrons. The number of rotatable bonds is 2. The summed E-state index contributed by atoms with van der Waals surface area (Å²) in [6, 6.07) is 12.1. The average molecular weight is 232 g/mol. The quantitative estimate of drug-likeness (QED) is 0.838. The first-order chi connectivity index (χ1) is 7.50. The molecule has 0 fully saturated rings. The highest BCUT2D eigenvalue weighted by Crippen LogP contribution is 2.33. The van der Waals surface area contributed by atoms with Crippen LogP contribution in [-0.4, -0.2) is 5.11 Å². The molecule has 0 aliphatic rings. The van der Waals surface area contributed by atoms with Crippen molar-refractivity contribution in [3.05, 3.63) is 57.3 Å². The summed E-state index contributed by atoms with van der Waals surface area (Å²) in [6.45, 7) is 5.95. The molecule has 0 amide bonds. The molecule has 16 heavy (non-hydrogen) atoms. The van der Waals surface area contributed by atoms with Crippen molar-refractivity contribution in [1.29, 1.82) is 0 Å². The SMILES string of the molecule is Cc1ccc(C(C)(O)c2ccc(C)s2)cc1. The molecule has 1 aromatic carbocycles. The van der Waals surface area contributed by atoms with Crippen molar-refractivity contribution in [2.75, 3.05) is 0 Å². The molecular formula is C14H16OS. The van der Waals surface area contributed by atoms with Crippen LogP contribution in [0.25, 0.3) is 0 Å². The fourth-order valence-electron chi connectivity index (χ4n) is 1.72. The van der Waals surface area contributed by atoms with Crippen LogP contribution in [0.15, 0.2) is 36.4 Å². The van der Waals surface area contributed by atoms with Gasteiger partial charge in [0.1, 0.15) is 5.60 Å². The molecule has 0 aliphatic heterocycles. The molecule has 2 rings (SSSR count). The van der Waals surface area contributed by atoms with Crippen molar-refractivity contribution in [1.82, 2.24) is 0 Å². The zero-order valence-electron chi connectivity index (χ0n) is 9.82. The highest BCUT2D eigenvalue weighted by atomic mass is 32.1. The van der Waals surface area contributed by atoms with Crippen molar-refractivity contribution in [2.24, 2.45) is 0 Å². The lowest BCUT2D eigenvalue weighted by atomic mass is 9.94. The van der Waals surface area contributed by atoms with E-state index < -0.39 is 5.60 Å². The Balaban J connectivity index is 2.42. The van der Waals surface area contributed by atoms with E-state index >= 15 is 0 Å². The summed E-state index contributed by atoms with van der Waals surface area (Å²) in [5, 5.41) is 10.6. The Bertz CT molecular complexity index is 480. The fraction of sp³-hybridized carbons (Fsp3) is 0.286. The Morgan fingerprint density at radius 3 is 2.12 bits per heavy atom. The van der Waals surface area contributed by atoms with Gasteiger partial charge in [-0.3, -0.25) is 0 Å². The number of aliphatic hydroxyl groups is 1. The lowest BCUT2D eigenvalue weighted by molar-refractivity contribution is 0.106. The first-order valence-electron chi connectivity index (χ1n) is 5.36. The fourth-order valence-corrected chi connectivity index (χ4v) is 2.65. The van der Waals surface area contributed by atoms with E-state index in [1.807, 2.05) is 50.2 Å². The van der Waals surface area contributed by atoms with E-state index in [1.54, 1.807) is 11.3 Å². The Kier molecular flexibility index (Phi) is 2.87. The zero-order chi connectivity index (χ0) is 11.8. The molecule has 1 aromatic heterocycles. The maximum atomic E-state index is 10.6. The van der Waals surface area contributed by atoms with E-state index in [-0.39, 0.29) is 0 Å². The first kappa shape index (κ1) is 11.4. The molecule has 1 heterocycles. The highest BCUT2D eigenvalue weighted by molar-refractivity contribution is 7.12. The highest BCUT2D eigenvalue weighted by Gasteiger charge is 2.26. The van der Waals surface area contributed by atoms with Crippen molar-refractivity contribution < 1.29 is 5.11 Å². The minimum atomic E-state index is -0.882. The summed E-state index contributed by atoms with van der Waals surface area (Å²) in [4.78, 5) is 2.22. The molecule has 0 aliphatic carbocycles. The van der Waals surface area contributed by atoms with Crippen molar-refractivity contribution in [3.8, 4) is 0 Å². The molecule has 2 heteroatoms. The number of aryl methyl sites for hydroxylation is 2. The van der Waals surface area contributed by atoms with E-state index in [0.29, 0.717) is 0 Å². The summed E-state index contributed by atoms with van der Waals surface area (Å²) in [5.41, 5.74) is 1.27. The van der Waals surface area contributed by atoms with Gasteiger partial charge in [0.25, 0.3) is 0 Å². The third-order valence-corrected chi connectivity index (χ3v) is 4.05. The summed E-state index contributed by atoms with van der Waals surface area (Å²) < 4.78 is 0. The molecular weight excluding hydrogens is 216 g/mol. The van der Waals surface area contributed by atoms with Crippen LogP contribution in [0.2, 0.25) is 0 Å². The second-order valence-corrected chi connectivity index (χ2v) is 5.64. The van der Waals surface area contributed by atoms with Gasteiger partial charge in [0.15, 0.2) is 0 Å². The molecule has 0 saturated heterocycles. The zero-order valence-corrected chi connectivity index (χ0v) is 10.6. The lowest BCUT2D eigenvalue weighted by Gasteiger charge is -2.22. The summed E-state index contributed by atoms with van der Waals surface area (Å²) in [6.07, 6.45) is 0. The van der Waals surface area contributed by atoms with Gasteiger partial charge in [0.05, 0.1) is 0 Å². The van der Waals surface area contributed by atoms with E-state index in [9.17, 15) is 5.11 Å². The Hall–Kier alpha value is -1.12. The topological polar surface area (TPSA) is 20.2 Å². The van der Waals surface area contributed by atoms with Gasteiger partial charge >= 0.3 is 0 Å². The predicted molar refractivity (Wildman–Crippen MR) is 68.9 cm³/mol. The molecule has 0 saturated carbocycles. The second-order valence-electron chi connectivity index (χ2n) is 4.35. The molecule has 1 N–H and O–H groups in total.